The van der Waals surface area contributed by atoms with Gasteiger partial charge in [-0.1, -0.05) is 6.92 Å². The summed E-state index contributed by atoms with van der Waals surface area (Å²) in [4.78, 5) is 14.8. The minimum atomic E-state index is -0.404. The highest BCUT2D eigenvalue weighted by Crippen LogP contribution is 2.27. The van der Waals surface area contributed by atoms with Gasteiger partial charge in [0.05, 0.1) is 10.6 Å². The van der Waals surface area contributed by atoms with E-state index in [4.69, 9.17) is 0 Å². The van der Waals surface area contributed by atoms with Gasteiger partial charge in [-0.2, -0.15) is 5.10 Å². The van der Waals surface area contributed by atoms with E-state index < -0.39 is 4.92 Å². The molecule has 0 unspecified atom stereocenters. The van der Waals surface area contributed by atoms with E-state index in [2.05, 4.69) is 22.4 Å². The molecule has 1 N–H and O–H groups in total. The first kappa shape index (κ1) is 15.6. The third-order valence-electron chi connectivity index (χ3n) is 3.93. The van der Waals surface area contributed by atoms with Crippen LogP contribution in [-0.2, 0) is 0 Å². The molecule has 0 amide bonds. The average molecular weight is 330 g/mol. The summed E-state index contributed by atoms with van der Waals surface area (Å²) in [6.07, 6.45) is 4.58. The van der Waals surface area contributed by atoms with Gasteiger partial charge in [-0.05, 0) is 43.7 Å². The number of rotatable bonds is 4. The van der Waals surface area contributed by atoms with Crippen LogP contribution in [0, 0.1) is 16.0 Å². The molecule has 1 fully saturated rings. The fourth-order valence-corrected chi connectivity index (χ4v) is 3.36. The minimum absolute atomic E-state index is 0.0835. The molecule has 1 aliphatic carbocycles. The Morgan fingerprint density at radius 2 is 2.17 bits per heavy atom. The summed E-state index contributed by atoms with van der Waals surface area (Å²) in [7, 11) is 0. The molecule has 3 rings (SSSR count). The van der Waals surface area contributed by atoms with E-state index in [0.29, 0.717) is 5.92 Å². The molecule has 2 aromatic rings. The van der Waals surface area contributed by atoms with Crippen LogP contribution in [0.4, 0.5) is 10.8 Å². The van der Waals surface area contributed by atoms with E-state index in [-0.39, 0.29) is 5.69 Å². The van der Waals surface area contributed by atoms with Crippen LogP contribution in [0.2, 0.25) is 0 Å². The summed E-state index contributed by atoms with van der Waals surface area (Å²) < 4.78 is 0. The average Bonchev–Trinajstić information content (AvgIpc) is 3.02. The predicted molar refractivity (Wildman–Crippen MR) is 92.9 cm³/mol. The molecule has 6 nitrogen and oxygen atoms in total. The van der Waals surface area contributed by atoms with Gasteiger partial charge in [-0.3, -0.25) is 15.5 Å². The first-order valence-corrected chi connectivity index (χ1v) is 8.51. The van der Waals surface area contributed by atoms with Gasteiger partial charge in [-0.25, -0.2) is 4.98 Å². The van der Waals surface area contributed by atoms with Crippen molar-refractivity contribution in [2.75, 3.05) is 5.43 Å². The monoisotopic (exact) mass is 330 g/mol. The Morgan fingerprint density at radius 3 is 2.87 bits per heavy atom. The van der Waals surface area contributed by atoms with Crippen molar-refractivity contribution in [2.45, 2.75) is 32.6 Å². The number of nitro benzene ring substituents is 1. The molecule has 0 aliphatic heterocycles. The molecule has 0 saturated heterocycles. The number of hydrogen-bond donors (Lipinski definition) is 1. The molecule has 1 aliphatic rings. The molecule has 120 valence electrons. The standard InChI is InChI=1S/C16H18N4O2S/c1-11-3-2-4-13(9-11)18-19-16-17-15(10-23-16)12-5-7-14(8-6-12)20(21)22/h5-8,10-11H,2-4,9H2,1H3,(H,17,19)/b18-13-/t11-/m0/s1. The highest BCUT2D eigenvalue weighted by molar-refractivity contribution is 7.14. The van der Waals surface area contributed by atoms with Crippen LogP contribution in [0.1, 0.15) is 32.6 Å². The van der Waals surface area contributed by atoms with Gasteiger partial charge in [0, 0.05) is 28.8 Å². The molecule has 7 heteroatoms. The van der Waals surface area contributed by atoms with Crippen molar-refractivity contribution >= 4 is 27.9 Å². The third-order valence-corrected chi connectivity index (χ3v) is 4.68. The molecular weight excluding hydrogens is 312 g/mol. The first-order chi connectivity index (χ1) is 11.1. The summed E-state index contributed by atoms with van der Waals surface area (Å²) in [6, 6.07) is 6.41. The summed E-state index contributed by atoms with van der Waals surface area (Å²) in [6.45, 7) is 2.25. The lowest BCUT2D eigenvalue weighted by molar-refractivity contribution is -0.384. The van der Waals surface area contributed by atoms with Crippen molar-refractivity contribution in [3.05, 3.63) is 39.8 Å². The second-order valence-electron chi connectivity index (χ2n) is 5.83. The van der Waals surface area contributed by atoms with Crippen molar-refractivity contribution in [3.8, 4) is 11.3 Å². The Labute approximate surface area is 138 Å². The molecule has 1 aromatic heterocycles. The van der Waals surface area contributed by atoms with Gasteiger partial charge in [-0.15, -0.1) is 11.3 Å². The van der Waals surface area contributed by atoms with Crippen molar-refractivity contribution in [1.82, 2.24) is 4.98 Å². The predicted octanol–water partition coefficient (Wildman–Crippen LogP) is 4.70. The number of aromatic nitrogens is 1. The normalized spacial score (nSPS) is 19.7. The number of nitro groups is 1. The van der Waals surface area contributed by atoms with Crippen LogP contribution in [0.25, 0.3) is 11.3 Å². The Morgan fingerprint density at radius 1 is 1.39 bits per heavy atom. The number of anilines is 1. The van der Waals surface area contributed by atoms with Crippen molar-refractivity contribution in [2.24, 2.45) is 11.0 Å². The molecular formula is C16H18N4O2S. The van der Waals surface area contributed by atoms with Crippen molar-refractivity contribution < 1.29 is 4.92 Å². The maximum absolute atomic E-state index is 10.7. The highest BCUT2D eigenvalue weighted by Gasteiger charge is 2.14. The fraction of sp³-hybridized carbons (Fsp3) is 0.375. The number of thiazole rings is 1. The van der Waals surface area contributed by atoms with E-state index in [1.165, 1.54) is 42.0 Å². The van der Waals surface area contributed by atoms with Crippen molar-refractivity contribution in [1.29, 1.82) is 0 Å². The second kappa shape index (κ2) is 6.87. The van der Waals surface area contributed by atoms with E-state index in [9.17, 15) is 10.1 Å². The molecule has 1 saturated carbocycles. The Hall–Kier alpha value is -2.28. The van der Waals surface area contributed by atoms with Crippen LogP contribution in [0.15, 0.2) is 34.7 Å². The van der Waals surface area contributed by atoms with E-state index in [1.54, 1.807) is 12.1 Å². The Kier molecular flexibility index (Phi) is 4.66. The second-order valence-corrected chi connectivity index (χ2v) is 6.69. The summed E-state index contributed by atoms with van der Waals surface area (Å²) in [5.41, 5.74) is 5.99. The van der Waals surface area contributed by atoms with Crippen molar-refractivity contribution in [3.63, 3.8) is 0 Å². The molecule has 0 spiro atoms. The zero-order chi connectivity index (χ0) is 16.2. The summed E-state index contributed by atoms with van der Waals surface area (Å²) in [5, 5.41) is 17.8. The number of nitrogens with one attached hydrogen (secondary N) is 1. The smallest absolute Gasteiger partial charge is 0.258 e. The molecule has 23 heavy (non-hydrogen) atoms. The van der Waals surface area contributed by atoms with E-state index in [1.807, 2.05) is 5.38 Å². The lowest BCUT2D eigenvalue weighted by Crippen LogP contribution is -2.13. The van der Waals surface area contributed by atoms with Gasteiger partial charge in [0.15, 0.2) is 0 Å². The highest BCUT2D eigenvalue weighted by atomic mass is 32.1. The number of hydrogen-bond acceptors (Lipinski definition) is 6. The molecule has 1 atom stereocenters. The maximum atomic E-state index is 10.7. The van der Waals surface area contributed by atoms with Gasteiger partial charge < -0.3 is 0 Å². The Bertz CT molecular complexity index is 724. The number of hydrazone groups is 1. The SMILES string of the molecule is C[C@H]1CCC/C(=N/Nc2nc(-c3ccc([N+](=O)[O-])cc3)cs2)C1. The zero-order valence-corrected chi connectivity index (χ0v) is 13.7. The lowest BCUT2D eigenvalue weighted by atomic mass is 9.89. The zero-order valence-electron chi connectivity index (χ0n) is 12.9. The van der Waals surface area contributed by atoms with Crippen LogP contribution < -0.4 is 5.43 Å². The van der Waals surface area contributed by atoms with Crippen LogP contribution >= 0.6 is 11.3 Å². The molecule has 0 bridgehead atoms. The topological polar surface area (TPSA) is 80.4 Å². The minimum Gasteiger partial charge on any atom is -0.258 e. The first-order valence-electron chi connectivity index (χ1n) is 7.63. The molecule has 0 radical (unpaired) electrons. The summed E-state index contributed by atoms with van der Waals surface area (Å²) >= 11 is 1.48. The van der Waals surface area contributed by atoms with Crippen LogP contribution in [0.5, 0.6) is 0 Å². The number of benzene rings is 1. The number of non-ortho nitro benzene ring substituents is 1. The maximum Gasteiger partial charge on any atom is 0.269 e. The quantitative estimate of drug-likeness (QED) is 0.651. The Balaban J connectivity index is 1.68. The summed E-state index contributed by atoms with van der Waals surface area (Å²) in [5.74, 6) is 0.705. The van der Waals surface area contributed by atoms with Gasteiger partial charge in [0.1, 0.15) is 0 Å². The largest absolute Gasteiger partial charge is 0.269 e. The van der Waals surface area contributed by atoms with E-state index in [0.717, 1.165) is 29.2 Å². The van der Waals surface area contributed by atoms with E-state index >= 15 is 0 Å². The third kappa shape index (κ3) is 3.92. The van der Waals surface area contributed by atoms with Gasteiger partial charge >= 0.3 is 0 Å². The molecule has 1 aromatic carbocycles. The number of nitrogens with zero attached hydrogens (tertiary/aromatic N) is 3. The molecule has 1 heterocycles. The van der Waals surface area contributed by atoms with Crippen LogP contribution in [0.3, 0.4) is 0 Å². The fourth-order valence-electron chi connectivity index (χ4n) is 2.70. The van der Waals surface area contributed by atoms with Crippen LogP contribution in [-0.4, -0.2) is 15.6 Å². The van der Waals surface area contributed by atoms with Gasteiger partial charge in [0.25, 0.3) is 5.69 Å². The lowest BCUT2D eigenvalue weighted by Gasteiger charge is -2.18. The van der Waals surface area contributed by atoms with Gasteiger partial charge in [0.2, 0.25) is 5.13 Å².